The summed E-state index contributed by atoms with van der Waals surface area (Å²) in [6, 6.07) is 33.8. The van der Waals surface area contributed by atoms with E-state index in [4.69, 9.17) is 0 Å². The molecule has 0 atom stereocenters. The van der Waals surface area contributed by atoms with Crippen molar-refractivity contribution in [2.75, 3.05) is 0 Å². The average molecular weight is 773 g/mol. The molecule has 0 bridgehead atoms. The Morgan fingerprint density at radius 3 is 1.62 bits per heavy atom. The highest BCUT2D eigenvalue weighted by molar-refractivity contribution is 9.11. The van der Waals surface area contributed by atoms with Gasteiger partial charge in [-0.2, -0.15) is 0 Å². The van der Waals surface area contributed by atoms with Crippen LogP contribution in [0.25, 0.3) is 49.1 Å². The zero-order valence-corrected chi connectivity index (χ0v) is 35.3. The van der Waals surface area contributed by atoms with Crippen molar-refractivity contribution in [2.45, 2.75) is 136 Å². The van der Waals surface area contributed by atoms with E-state index in [0.717, 1.165) is 0 Å². The van der Waals surface area contributed by atoms with Crippen LogP contribution in [0.2, 0.25) is 0 Å². The fourth-order valence-electron chi connectivity index (χ4n) is 8.85. The van der Waals surface area contributed by atoms with Crippen molar-refractivity contribution >= 4 is 49.1 Å². The number of thiophene rings is 1. The molecule has 0 fully saturated rings. The Morgan fingerprint density at radius 1 is 0.577 bits per heavy atom. The first-order valence-corrected chi connectivity index (χ1v) is 21.6. The lowest BCUT2D eigenvalue weighted by Gasteiger charge is -2.33. The molecule has 0 amide bonds. The van der Waals surface area contributed by atoms with Crippen molar-refractivity contribution in [3.63, 3.8) is 0 Å². The van der Waals surface area contributed by atoms with Crippen LogP contribution in [0, 0.1) is 0 Å². The summed E-state index contributed by atoms with van der Waals surface area (Å²) in [4.78, 5) is 1.34. The summed E-state index contributed by atoms with van der Waals surface area (Å²) < 4.78 is 3.76. The van der Waals surface area contributed by atoms with Crippen LogP contribution in [0.1, 0.15) is 142 Å². The number of hydrogen-bond acceptors (Lipinski definition) is 1. The SMILES string of the molecule is CCCCCCC1(CCCCCC)c2cc(-c3ccc(Br)s3)ccc2-c2ccc(-n3c4ccc(C(C)(C)C)cc4c4cc(C(C)(C)C)ccc43)cc21. The van der Waals surface area contributed by atoms with Crippen LogP contribution in [-0.4, -0.2) is 4.57 Å². The van der Waals surface area contributed by atoms with Gasteiger partial charge in [0.2, 0.25) is 0 Å². The second kappa shape index (κ2) is 14.6. The lowest BCUT2D eigenvalue weighted by Crippen LogP contribution is -2.26. The molecule has 0 N–H and O–H groups in total. The van der Waals surface area contributed by atoms with Gasteiger partial charge >= 0.3 is 0 Å². The Labute approximate surface area is 326 Å². The lowest BCUT2D eigenvalue weighted by atomic mass is 9.70. The Hall–Kier alpha value is -3.14. The van der Waals surface area contributed by atoms with E-state index in [2.05, 4.69) is 161 Å². The minimum absolute atomic E-state index is 0.00420. The maximum Gasteiger partial charge on any atom is 0.0705 e. The maximum atomic E-state index is 3.74. The molecule has 0 spiro atoms. The molecule has 0 saturated carbocycles. The summed E-state index contributed by atoms with van der Waals surface area (Å²) in [6.07, 6.45) is 12.7. The Bertz CT molecular complexity index is 2130. The van der Waals surface area contributed by atoms with Crippen molar-refractivity contribution in [1.82, 2.24) is 4.57 Å². The van der Waals surface area contributed by atoms with E-state index in [9.17, 15) is 0 Å². The normalized spacial score (nSPS) is 14.0. The predicted octanol–water partition coefficient (Wildman–Crippen LogP) is 16.1. The van der Waals surface area contributed by atoms with Crippen LogP contribution in [0.4, 0.5) is 0 Å². The summed E-state index contributed by atoms with van der Waals surface area (Å²) in [5, 5.41) is 2.71. The molecule has 0 aliphatic heterocycles. The van der Waals surface area contributed by atoms with Crippen LogP contribution in [0.5, 0.6) is 0 Å². The third-order valence-electron chi connectivity index (χ3n) is 11.9. The number of rotatable bonds is 12. The monoisotopic (exact) mass is 771 g/mol. The molecular weight excluding hydrogens is 715 g/mol. The van der Waals surface area contributed by atoms with Gasteiger partial charge in [-0.3, -0.25) is 0 Å². The predicted molar refractivity (Wildman–Crippen MR) is 233 cm³/mol. The number of halogens is 1. The number of unbranched alkanes of at least 4 members (excludes halogenated alkanes) is 6. The molecule has 2 heterocycles. The molecule has 6 aromatic rings. The van der Waals surface area contributed by atoms with E-state index in [0.29, 0.717) is 0 Å². The summed E-state index contributed by atoms with van der Waals surface area (Å²) in [5.41, 5.74) is 14.1. The van der Waals surface area contributed by atoms with Crippen molar-refractivity contribution < 1.29 is 0 Å². The zero-order chi connectivity index (χ0) is 36.8. The van der Waals surface area contributed by atoms with Gasteiger partial charge in [0.1, 0.15) is 0 Å². The fourth-order valence-corrected chi connectivity index (χ4v) is 10.2. The molecule has 0 radical (unpaired) electrons. The maximum absolute atomic E-state index is 3.74. The highest BCUT2D eigenvalue weighted by atomic mass is 79.9. The van der Waals surface area contributed by atoms with E-state index in [1.807, 2.05) is 11.3 Å². The van der Waals surface area contributed by atoms with Gasteiger partial charge < -0.3 is 4.57 Å². The van der Waals surface area contributed by atoms with E-state index in [1.54, 1.807) is 11.1 Å². The molecule has 1 nitrogen and oxygen atoms in total. The number of fused-ring (bicyclic) bond motifs is 6. The smallest absolute Gasteiger partial charge is 0.0705 e. The number of aromatic nitrogens is 1. The molecule has 52 heavy (non-hydrogen) atoms. The van der Waals surface area contributed by atoms with E-state index < -0.39 is 0 Å². The Balaban J connectivity index is 1.46. The van der Waals surface area contributed by atoms with Crippen molar-refractivity contribution in [2.24, 2.45) is 0 Å². The first kappa shape index (κ1) is 37.2. The molecule has 2 aromatic heterocycles. The lowest BCUT2D eigenvalue weighted by molar-refractivity contribution is 0.401. The molecule has 0 saturated heterocycles. The van der Waals surface area contributed by atoms with Gasteiger partial charge in [-0.1, -0.05) is 137 Å². The van der Waals surface area contributed by atoms with E-state index >= 15 is 0 Å². The molecular formula is C49H58BrNS. The second-order valence-corrected chi connectivity index (χ2v) is 20.1. The largest absolute Gasteiger partial charge is 0.309 e. The first-order chi connectivity index (χ1) is 24.9. The van der Waals surface area contributed by atoms with Gasteiger partial charge in [0.25, 0.3) is 0 Å². The molecule has 3 heteroatoms. The summed E-state index contributed by atoms with van der Waals surface area (Å²) in [7, 11) is 0. The zero-order valence-electron chi connectivity index (χ0n) is 32.9. The molecule has 7 rings (SSSR count). The minimum atomic E-state index is 0.00420. The highest BCUT2D eigenvalue weighted by Crippen LogP contribution is 2.56. The quantitative estimate of drug-likeness (QED) is 0.109. The van der Waals surface area contributed by atoms with Gasteiger partial charge in [-0.25, -0.2) is 0 Å². The van der Waals surface area contributed by atoms with Gasteiger partial charge in [-0.05, 0) is 133 Å². The van der Waals surface area contributed by atoms with E-state index in [1.165, 1.54) is 128 Å². The number of benzene rings is 4. The van der Waals surface area contributed by atoms with Crippen LogP contribution >= 0.6 is 27.3 Å². The van der Waals surface area contributed by atoms with Crippen LogP contribution < -0.4 is 0 Å². The molecule has 1 aliphatic rings. The van der Waals surface area contributed by atoms with Crippen LogP contribution in [-0.2, 0) is 16.2 Å². The van der Waals surface area contributed by atoms with Crippen LogP contribution in [0.15, 0.2) is 88.7 Å². The summed E-state index contributed by atoms with van der Waals surface area (Å²) >= 11 is 5.58. The third-order valence-corrected chi connectivity index (χ3v) is 13.5. The first-order valence-electron chi connectivity index (χ1n) is 20.0. The fraction of sp³-hybridized carbons (Fsp3) is 0.429. The number of nitrogens with zero attached hydrogens (tertiary/aromatic N) is 1. The Morgan fingerprint density at radius 2 is 1.12 bits per heavy atom. The average Bonchev–Trinajstić information content (AvgIpc) is 3.77. The van der Waals surface area contributed by atoms with Gasteiger partial charge in [0, 0.05) is 26.8 Å². The summed E-state index contributed by atoms with van der Waals surface area (Å²) in [6.45, 7) is 18.6. The molecule has 272 valence electrons. The van der Waals surface area contributed by atoms with Gasteiger partial charge in [-0.15, -0.1) is 11.3 Å². The van der Waals surface area contributed by atoms with Crippen molar-refractivity contribution in [3.05, 3.63) is 111 Å². The second-order valence-electron chi connectivity index (χ2n) is 17.6. The minimum Gasteiger partial charge on any atom is -0.309 e. The number of hydrogen-bond donors (Lipinski definition) is 0. The summed E-state index contributed by atoms with van der Waals surface area (Å²) in [5.74, 6) is 0. The third kappa shape index (κ3) is 6.86. The standard InChI is InChI=1S/C49H58BrNS/c1-9-11-13-15-27-49(28-16-14-12-10-2)41-29-33(45-25-26-46(50)52-45)17-21-37(41)38-22-20-36(32-42(38)49)51-43-23-18-34(47(3,4)5)30-39(43)40-31-35(48(6,7)8)19-24-44(40)51/h17-26,29-32H,9-16,27-28H2,1-8H3. The molecule has 1 aliphatic carbocycles. The van der Waals surface area contributed by atoms with E-state index in [-0.39, 0.29) is 16.2 Å². The van der Waals surface area contributed by atoms with Crippen LogP contribution in [0.3, 0.4) is 0 Å². The van der Waals surface area contributed by atoms with Crippen molar-refractivity contribution in [3.8, 4) is 27.3 Å². The van der Waals surface area contributed by atoms with Gasteiger partial charge in [0.15, 0.2) is 0 Å². The highest BCUT2D eigenvalue weighted by Gasteiger charge is 2.43. The van der Waals surface area contributed by atoms with Gasteiger partial charge in [0.05, 0.1) is 14.8 Å². The topological polar surface area (TPSA) is 4.93 Å². The molecule has 4 aromatic carbocycles. The van der Waals surface area contributed by atoms with Crippen molar-refractivity contribution in [1.29, 1.82) is 0 Å². The molecule has 0 unspecified atom stereocenters. The Kier molecular flexibility index (Phi) is 10.4.